The van der Waals surface area contributed by atoms with Crippen molar-refractivity contribution in [1.29, 1.82) is 0 Å². The lowest BCUT2D eigenvalue weighted by Crippen LogP contribution is -2.25. The van der Waals surface area contributed by atoms with Crippen LogP contribution in [0.5, 0.6) is 0 Å². The van der Waals surface area contributed by atoms with Gasteiger partial charge in [-0.25, -0.2) is 0 Å². The van der Waals surface area contributed by atoms with Crippen molar-refractivity contribution in [3.8, 4) is 0 Å². The topological polar surface area (TPSA) is 66.4 Å². The summed E-state index contributed by atoms with van der Waals surface area (Å²) in [6.07, 6.45) is 0. The molecule has 5 heteroatoms. The Morgan fingerprint density at radius 1 is 1.12 bits per heavy atom. The van der Waals surface area contributed by atoms with Gasteiger partial charge in [-0.3, -0.25) is 4.55 Å². The molecule has 0 aliphatic carbocycles. The van der Waals surface area contributed by atoms with E-state index in [9.17, 15) is 8.42 Å². The smallest absolute Gasteiger partial charge is 0.273 e. The van der Waals surface area contributed by atoms with Gasteiger partial charge in [0.25, 0.3) is 0 Å². The molecule has 0 saturated heterocycles. The van der Waals surface area contributed by atoms with Gasteiger partial charge >= 0.3 is 10.3 Å². The number of rotatable bonds is 3. The minimum Gasteiger partial charge on any atom is -0.273 e. The number of nitrogens with one attached hydrogen (secondary N) is 1. The fourth-order valence-corrected chi connectivity index (χ4v) is 2.49. The second-order valence-electron chi connectivity index (χ2n) is 3.88. The van der Waals surface area contributed by atoms with Crippen LogP contribution in [0.3, 0.4) is 0 Å². The Hall–Kier alpha value is -1.43. The van der Waals surface area contributed by atoms with Gasteiger partial charge < -0.3 is 0 Å². The number of fused-ring (bicyclic) bond motifs is 1. The van der Waals surface area contributed by atoms with Crippen LogP contribution in [0.25, 0.3) is 10.8 Å². The van der Waals surface area contributed by atoms with Gasteiger partial charge in [-0.1, -0.05) is 42.5 Å². The average molecular weight is 251 g/mol. The van der Waals surface area contributed by atoms with Crippen LogP contribution in [0.1, 0.15) is 18.5 Å². The first-order valence-corrected chi connectivity index (χ1v) is 6.64. The third-order valence-electron chi connectivity index (χ3n) is 2.62. The molecule has 0 heterocycles. The van der Waals surface area contributed by atoms with Crippen molar-refractivity contribution in [2.45, 2.75) is 13.0 Å². The quantitative estimate of drug-likeness (QED) is 0.822. The lowest BCUT2D eigenvalue weighted by atomic mass is 10.0. The summed E-state index contributed by atoms with van der Waals surface area (Å²) in [5.41, 5.74) is 0.834. The van der Waals surface area contributed by atoms with Crippen LogP contribution in [0.4, 0.5) is 0 Å². The molecule has 2 aromatic rings. The van der Waals surface area contributed by atoms with Crippen LogP contribution in [0.2, 0.25) is 0 Å². The lowest BCUT2D eigenvalue weighted by Gasteiger charge is -2.14. The van der Waals surface area contributed by atoms with Crippen molar-refractivity contribution in [3.63, 3.8) is 0 Å². The molecule has 2 N–H and O–H groups in total. The molecule has 0 spiro atoms. The molecule has 0 amide bonds. The molecule has 0 aliphatic rings. The molecule has 1 atom stereocenters. The first kappa shape index (κ1) is 12.0. The maximum atomic E-state index is 10.8. The number of hydrogen-bond donors (Lipinski definition) is 2. The summed E-state index contributed by atoms with van der Waals surface area (Å²) in [4.78, 5) is 0. The van der Waals surface area contributed by atoms with Gasteiger partial charge in [0.15, 0.2) is 0 Å². The molecular weight excluding hydrogens is 238 g/mol. The average Bonchev–Trinajstić information content (AvgIpc) is 2.26. The molecule has 4 nitrogen and oxygen atoms in total. The monoisotopic (exact) mass is 251 g/mol. The highest BCUT2D eigenvalue weighted by molar-refractivity contribution is 7.83. The third-order valence-corrected chi connectivity index (χ3v) is 3.27. The van der Waals surface area contributed by atoms with Crippen LogP contribution >= 0.6 is 0 Å². The SMILES string of the molecule is CC(NS(=O)(=O)O)c1cccc2ccccc12. The largest absolute Gasteiger partial charge is 0.333 e. The Bertz CT molecular complexity index is 632. The number of benzene rings is 2. The first-order valence-electron chi connectivity index (χ1n) is 5.20. The van der Waals surface area contributed by atoms with E-state index in [0.717, 1.165) is 16.3 Å². The van der Waals surface area contributed by atoms with Crippen molar-refractivity contribution in [2.24, 2.45) is 0 Å². The molecule has 2 aromatic carbocycles. The summed E-state index contributed by atoms with van der Waals surface area (Å²) in [5.74, 6) is 0. The molecule has 0 fully saturated rings. The van der Waals surface area contributed by atoms with E-state index in [0.29, 0.717) is 0 Å². The summed E-state index contributed by atoms with van der Waals surface area (Å²) in [7, 11) is -4.19. The Kier molecular flexibility index (Phi) is 3.15. The van der Waals surface area contributed by atoms with E-state index < -0.39 is 16.3 Å². The van der Waals surface area contributed by atoms with Gasteiger partial charge in [0.2, 0.25) is 0 Å². The van der Waals surface area contributed by atoms with Gasteiger partial charge in [-0.2, -0.15) is 13.1 Å². The second kappa shape index (κ2) is 4.44. The maximum Gasteiger partial charge on any atom is 0.333 e. The van der Waals surface area contributed by atoms with E-state index >= 15 is 0 Å². The van der Waals surface area contributed by atoms with Crippen molar-refractivity contribution in [3.05, 3.63) is 48.0 Å². The van der Waals surface area contributed by atoms with E-state index in [1.54, 1.807) is 6.92 Å². The fraction of sp³-hybridized carbons (Fsp3) is 0.167. The standard InChI is InChI=1S/C12H13NO3S/c1-9(13-17(14,15)16)11-8-4-6-10-5-2-3-7-12(10)11/h2-9,13H,1H3,(H,14,15,16). The predicted octanol–water partition coefficient (Wildman–Crippen LogP) is 2.29. The molecule has 2 rings (SSSR count). The number of hydrogen-bond acceptors (Lipinski definition) is 2. The second-order valence-corrected chi connectivity index (χ2v) is 5.07. The Balaban J connectivity index is 2.48. The molecule has 0 radical (unpaired) electrons. The highest BCUT2D eigenvalue weighted by Crippen LogP contribution is 2.24. The summed E-state index contributed by atoms with van der Waals surface area (Å²) >= 11 is 0. The normalized spacial score (nSPS) is 13.8. The van der Waals surface area contributed by atoms with E-state index in [1.807, 2.05) is 42.5 Å². The molecule has 0 aromatic heterocycles. The van der Waals surface area contributed by atoms with E-state index in [2.05, 4.69) is 4.72 Å². The summed E-state index contributed by atoms with van der Waals surface area (Å²) in [6, 6.07) is 12.9. The third kappa shape index (κ3) is 2.82. The zero-order valence-electron chi connectivity index (χ0n) is 9.29. The maximum absolute atomic E-state index is 10.8. The Labute approximate surface area is 100 Å². The summed E-state index contributed by atoms with van der Waals surface area (Å²) in [5, 5.41) is 2.01. The van der Waals surface area contributed by atoms with Gasteiger partial charge in [0.05, 0.1) is 0 Å². The minimum atomic E-state index is -4.19. The van der Waals surface area contributed by atoms with E-state index in [4.69, 9.17) is 4.55 Å². The van der Waals surface area contributed by atoms with E-state index in [1.165, 1.54) is 0 Å². The highest BCUT2D eigenvalue weighted by Gasteiger charge is 2.14. The van der Waals surface area contributed by atoms with Crippen LogP contribution < -0.4 is 4.72 Å². The summed E-state index contributed by atoms with van der Waals surface area (Å²) < 4.78 is 32.5. The molecular formula is C12H13NO3S. The van der Waals surface area contributed by atoms with Gasteiger partial charge in [0, 0.05) is 6.04 Å². The van der Waals surface area contributed by atoms with E-state index in [-0.39, 0.29) is 0 Å². The van der Waals surface area contributed by atoms with Gasteiger partial charge in [-0.05, 0) is 23.3 Å². The first-order chi connectivity index (χ1) is 7.97. The Morgan fingerprint density at radius 3 is 2.47 bits per heavy atom. The van der Waals surface area contributed by atoms with Crippen LogP contribution in [-0.4, -0.2) is 13.0 Å². The molecule has 0 bridgehead atoms. The van der Waals surface area contributed by atoms with Gasteiger partial charge in [0.1, 0.15) is 0 Å². The minimum absolute atomic E-state index is 0.476. The van der Waals surface area contributed by atoms with Crippen molar-refractivity contribution in [1.82, 2.24) is 4.72 Å². The molecule has 17 heavy (non-hydrogen) atoms. The van der Waals surface area contributed by atoms with Crippen LogP contribution in [-0.2, 0) is 10.3 Å². The lowest BCUT2D eigenvalue weighted by molar-refractivity contribution is 0.458. The van der Waals surface area contributed by atoms with Crippen LogP contribution in [0, 0.1) is 0 Å². The molecule has 0 saturated carbocycles. The summed E-state index contributed by atoms with van der Waals surface area (Å²) in [6.45, 7) is 1.69. The van der Waals surface area contributed by atoms with Crippen molar-refractivity contribution in [2.75, 3.05) is 0 Å². The predicted molar refractivity (Wildman–Crippen MR) is 67.0 cm³/mol. The zero-order chi connectivity index (χ0) is 12.5. The molecule has 90 valence electrons. The fourth-order valence-electron chi connectivity index (χ4n) is 1.91. The van der Waals surface area contributed by atoms with Crippen molar-refractivity contribution >= 4 is 21.1 Å². The molecule has 1 unspecified atom stereocenters. The molecule has 0 aliphatic heterocycles. The zero-order valence-corrected chi connectivity index (χ0v) is 10.1. The van der Waals surface area contributed by atoms with Crippen molar-refractivity contribution < 1.29 is 13.0 Å². The van der Waals surface area contributed by atoms with Crippen LogP contribution in [0.15, 0.2) is 42.5 Å². The Morgan fingerprint density at radius 2 is 1.76 bits per heavy atom. The highest BCUT2D eigenvalue weighted by atomic mass is 32.2. The van der Waals surface area contributed by atoms with Gasteiger partial charge in [-0.15, -0.1) is 0 Å².